The zero-order chi connectivity index (χ0) is 29.1. The summed E-state index contributed by atoms with van der Waals surface area (Å²) < 4.78 is 44.1. The molecule has 0 fully saturated rings. The third-order valence-corrected chi connectivity index (χ3v) is 6.78. The predicted molar refractivity (Wildman–Crippen MR) is 146 cm³/mol. The number of carbonyl (C=O) groups is 2. The number of alkyl halides is 3. The number of hydrogen-bond acceptors (Lipinski definition) is 6. The van der Waals surface area contributed by atoms with E-state index in [4.69, 9.17) is 9.72 Å². The van der Waals surface area contributed by atoms with E-state index < -0.39 is 29.7 Å². The van der Waals surface area contributed by atoms with Crippen LogP contribution in [0.2, 0.25) is 0 Å². The van der Waals surface area contributed by atoms with Crippen LogP contribution in [0.5, 0.6) is 0 Å². The second kappa shape index (κ2) is 15.0. The molecule has 8 nitrogen and oxygen atoms in total. The van der Waals surface area contributed by atoms with Crippen molar-refractivity contribution in [1.82, 2.24) is 15.2 Å². The summed E-state index contributed by atoms with van der Waals surface area (Å²) in [6.07, 6.45) is 0.491. The molecule has 0 spiro atoms. The number of unbranched alkanes of at least 4 members (excludes halogenated alkanes) is 1. The molecule has 1 atom stereocenters. The Morgan fingerprint density at radius 3 is 2.52 bits per heavy atom. The summed E-state index contributed by atoms with van der Waals surface area (Å²) in [5, 5.41) is 15.5. The average molecular weight is 565 g/mol. The fourth-order valence-electron chi connectivity index (χ4n) is 4.52. The number of rotatable bonds is 15. The van der Waals surface area contributed by atoms with Crippen molar-refractivity contribution in [3.05, 3.63) is 58.8 Å². The number of fused-ring (bicyclic) bond motifs is 1. The van der Waals surface area contributed by atoms with Crippen LogP contribution >= 0.6 is 0 Å². The van der Waals surface area contributed by atoms with Crippen molar-refractivity contribution in [2.24, 2.45) is 0 Å². The first-order valence-corrected chi connectivity index (χ1v) is 13.8. The molecule has 1 amide bonds. The Balaban J connectivity index is 1.52. The fraction of sp³-hybridized carbons (Fsp3) is 0.552. The van der Waals surface area contributed by atoms with Crippen LogP contribution in [0.3, 0.4) is 0 Å². The number of carbonyl (C=O) groups excluding carboxylic acids is 1. The van der Waals surface area contributed by atoms with Gasteiger partial charge in [-0.2, -0.15) is 13.2 Å². The van der Waals surface area contributed by atoms with Gasteiger partial charge in [-0.15, -0.1) is 0 Å². The van der Waals surface area contributed by atoms with E-state index in [1.807, 2.05) is 13.8 Å². The first-order chi connectivity index (χ1) is 19.0. The van der Waals surface area contributed by atoms with Gasteiger partial charge in [-0.3, -0.25) is 4.79 Å². The molecular weight excluding hydrogens is 525 g/mol. The number of ether oxygens (including phenoxy) is 1. The number of aromatic nitrogens is 1. The lowest BCUT2D eigenvalue weighted by Crippen LogP contribution is -2.43. The molecule has 220 valence electrons. The topological polar surface area (TPSA) is 104 Å². The van der Waals surface area contributed by atoms with Gasteiger partial charge >= 0.3 is 12.1 Å². The van der Waals surface area contributed by atoms with E-state index in [0.29, 0.717) is 19.7 Å². The zero-order valence-corrected chi connectivity index (χ0v) is 23.1. The van der Waals surface area contributed by atoms with Gasteiger partial charge in [0, 0.05) is 30.9 Å². The molecule has 2 heterocycles. The van der Waals surface area contributed by atoms with Crippen LogP contribution < -0.4 is 10.6 Å². The van der Waals surface area contributed by atoms with Gasteiger partial charge in [-0.05, 0) is 94.8 Å². The zero-order valence-electron chi connectivity index (χ0n) is 23.1. The lowest BCUT2D eigenvalue weighted by molar-refractivity contribution is -0.139. The third-order valence-electron chi connectivity index (χ3n) is 6.78. The van der Waals surface area contributed by atoms with Crippen LogP contribution in [-0.4, -0.2) is 71.8 Å². The van der Waals surface area contributed by atoms with Crippen molar-refractivity contribution in [1.29, 1.82) is 0 Å². The Morgan fingerprint density at radius 1 is 1.10 bits per heavy atom. The van der Waals surface area contributed by atoms with Crippen molar-refractivity contribution in [2.75, 3.05) is 38.1 Å². The molecule has 40 heavy (non-hydrogen) atoms. The van der Waals surface area contributed by atoms with Crippen LogP contribution in [0, 0.1) is 0 Å². The molecule has 3 N–H and O–H groups in total. The van der Waals surface area contributed by atoms with Crippen molar-refractivity contribution >= 4 is 17.7 Å². The minimum absolute atomic E-state index is 0.0348. The minimum Gasteiger partial charge on any atom is -0.480 e. The Hall–Kier alpha value is -3.18. The number of nitrogens with zero attached hydrogens (tertiary/aromatic N) is 2. The van der Waals surface area contributed by atoms with E-state index in [9.17, 15) is 27.9 Å². The summed E-state index contributed by atoms with van der Waals surface area (Å²) in [5.41, 5.74) is 1.38. The maximum atomic E-state index is 12.8. The highest BCUT2D eigenvalue weighted by Crippen LogP contribution is 2.29. The van der Waals surface area contributed by atoms with Crippen LogP contribution in [0.1, 0.15) is 66.7 Å². The summed E-state index contributed by atoms with van der Waals surface area (Å²) >= 11 is 0. The smallest absolute Gasteiger partial charge is 0.416 e. The van der Waals surface area contributed by atoms with Crippen molar-refractivity contribution in [2.45, 2.75) is 70.7 Å². The molecule has 0 saturated heterocycles. The average Bonchev–Trinajstić information content (AvgIpc) is 2.91. The molecule has 3 rings (SSSR count). The third kappa shape index (κ3) is 10.1. The Kier molecular flexibility index (Phi) is 11.8. The van der Waals surface area contributed by atoms with E-state index in [1.54, 1.807) is 0 Å². The molecule has 1 aromatic heterocycles. The molecule has 11 heteroatoms. The largest absolute Gasteiger partial charge is 0.480 e. The maximum Gasteiger partial charge on any atom is 0.416 e. The van der Waals surface area contributed by atoms with Crippen LogP contribution in [0.15, 0.2) is 36.4 Å². The van der Waals surface area contributed by atoms with E-state index in [1.165, 1.54) is 5.56 Å². The summed E-state index contributed by atoms with van der Waals surface area (Å²) in [7, 11) is 0. The van der Waals surface area contributed by atoms with Gasteiger partial charge in [0.2, 0.25) is 0 Å². The van der Waals surface area contributed by atoms with Crippen molar-refractivity contribution in [3.8, 4) is 0 Å². The molecule has 1 aliphatic heterocycles. The van der Waals surface area contributed by atoms with Gasteiger partial charge < -0.3 is 25.4 Å². The fourth-order valence-corrected chi connectivity index (χ4v) is 4.52. The number of pyridine rings is 1. The molecule has 1 aromatic carbocycles. The van der Waals surface area contributed by atoms with Crippen molar-refractivity contribution < 1.29 is 32.6 Å². The van der Waals surface area contributed by atoms with E-state index in [-0.39, 0.29) is 18.1 Å². The van der Waals surface area contributed by atoms with Gasteiger partial charge in [-0.25, -0.2) is 9.78 Å². The minimum atomic E-state index is -4.52. The van der Waals surface area contributed by atoms with Gasteiger partial charge in [0.05, 0.1) is 18.3 Å². The molecule has 1 aliphatic rings. The summed E-state index contributed by atoms with van der Waals surface area (Å²) in [4.78, 5) is 31.3. The summed E-state index contributed by atoms with van der Waals surface area (Å²) in [5.74, 6) is -0.956. The summed E-state index contributed by atoms with van der Waals surface area (Å²) in [6.45, 7) is 7.07. The number of aliphatic carboxylic acids is 1. The number of benzene rings is 1. The van der Waals surface area contributed by atoms with Crippen LogP contribution in [0.25, 0.3) is 0 Å². The highest BCUT2D eigenvalue weighted by Gasteiger charge is 2.30. The Bertz CT molecular complexity index is 1110. The lowest BCUT2D eigenvalue weighted by Gasteiger charge is -2.25. The molecule has 0 bridgehead atoms. The second-order valence-electron chi connectivity index (χ2n) is 10.3. The number of carboxylic acids is 1. The van der Waals surface area contributed by atoms with Gasteiger partial charge in [0.15, 0.2) is 0 Å². The number of carboxylic acid groups (broad SMARTS) is 1. The summed E-state index contributed by atoms with van der Waals surface area (Å²) in [6, 6.07) is 6.73. The molecule has 1 unspecified atom stereocenters. The molecule has 0 aliphatic carbocycles. The molecular formula is C29H39F3N4O4. The van der Waals surface area contributed by atoms with Gasteiger partial charge in [-0.1, -0.05) is 6.07 Å². The van der Waals surface area contributed by atoms with Crippen LogP contribution in [-0.2, 0) is 28.5 Å². The number of nitrogens with one attached hydrogen (secondary N) is 2. The quantitative estimate of drug-likeness (QED) is 0.268. The lowest BCUT2D eigenvalue weighted by atomic mass is 10.1. The van der Waals surface area contributed by atoms with E-state index in [2.05, 4.69) is 27.7 Å². The first-order valence-electron chi connectivity index (χ1n) is 13.8. The van der Waals surface area contributed by atoms with E-state index >= 15 is 0 Å². The highest BCUT2D eigenvalue weighted by atomic mass is 19.4. The molecule has 2 aromatic rings. The van der Waals surface area contributed by atoms with Gasteiger partial charge in [0.1, 0.15) is 11.9 Å². The number of amides is 1. The predicted octanol–water partition coefficient (Wildman–Crippen LogP) is 4.78. The van der Waals surface area contributed by atoms with Crippen LogP contribution in [0.4, 0.5) is 19.0 Å². The normalized spacial score (nSPS) is 14.1. The number of aryl methyl sites for hydroxylation is 2. The van der Waals surface area contributed by atoms with Crippen molar-refractivity contribution in [3.63, 3.8) is 0 Å². The molecule has 0 radical (unpaired) electrons. The Morgan fingerprint density at radius 2 is 1.85 bits per heavy atom. The van der Waals surface area contributed by atoms with E-state index in [0.717, 1.165) is 81.0 Å². The number of halogens is 3. The Labute approximate surface area is 233 Å². The molecule has 0 saturated carbocycles. The number of hydrogen-bond donors (Lipinski definition) is 3. The maximum absolute atomic E-state index is 12.8. The highest BCUT2D eigenvalue weighted by molar-refractivity contribution is 5.96. The number of anilines is 1. The standard InChI is InChI=1S/C29H39F3N4O4/c1-20(2)40-19-18-36(16-4-3-7-24-13-10-21-6-5-15-33-26(21)34-24)17-14-25(28(38)39)35-27(37)22-8-11-23(12-9-22)29(30,31)32/h8-13,20,25H,3-7,14-19H2,1-2H3,(H,33,34)(H,35,37)(H,38,39). The second-order valence-corrected chi connectivity index (χ2v) is 10.3. The SMILES string of the molecule is CC(C)OCCN(CCCCc1ccc2c(n1)NCCC2)CCC(NC(=O)c1ccc(C(F)(F)F)cc1)C(=O)O. The monoisotopic (exact) mass is 564 g/mol. The first kappa shape index (κ1) is 31.3. The van der Waals surface area contributed by atoms with Gasteiger partial charge in [0.25, 0.3) is 5.91 Å².